The highest BCUT2D eigenvalue weighted by molar-refractivity contribution is 5.51. The van der Waals surface area contributed by atoms with Gasteiger partial charge in [-0.3, -0.25) is 0 Å². The van der Waals surface area contributed by atoms with Crippen LogP contribution in [0.25, 0.3) is 0 Å². The molecule has 0 aromatic heterocycles. The molecule has 0 amide bonds. The van der Waals surface area contributed by atoms with Crippen molar-refractivity contribution in [2.45, 2.75) is 97.1 Å². The van der Waals surface area contributed by atoms with Crippen molar-refractivity contribution in [2.24, 2.45) is 0 Å². The molecule has 1 atom stereocenters. The van der Waals surface area contributed by atoms with Gasteiger partial charge in [0.1, 0.15) is 6.17 Å². The van der Waals surface area contributed by atoms with Crippen molar-refractivity contribution in [3.8, 4) is 0 Å². The lowest BCUT2D eigenvalue weighted by Crippen LogP contribution is -2.38. The average molecular weight is 357 g/mol. The van der Waals surface area contributed by atoms with Crippen LogP contribution >= 0.6 is 0 Å². The molecule has 0 N–H and O–H groups in total. The molecule has 26 heavy (non-hydrogen) atoms. The summed E-state index contributed by atoms with van der Waals surface area (Å²) in [5.41, 5.74) is 1.31. The fourth-order valence-electron chi connectivity index (χ4n) is 3.99. The quantitative estimate of drug-likeness (QED) is 0.322. The van der Waals surface area contributed by atoms with E-state index in [1.807, 2.05) is 0 Å². The fourth-order valence-corrected chi connectivity index (χ4v) is 3.99. The van der Waals surface area contributed by atoms with Gasteiger partial charge in [-0.2, -0.15) is 0 Å². The van der Waals surface area contributed by atoms with Crippen molar-refractivity contribution in [2.75, 3.05) is 11.4 Å². The molecule has 0 aliphatic carbocycles. The lowest BCUT2D eigenvalue weighted by Gasteiger charge is -2.32. The zero-order chi connectivity index (χ0) is 18.5. The molecule has 2 heteroatoms. The number of anilines is 1. The van der Waals surface area contributed by atoms with Gasteiger partial charge in [-0.25, -0.2) is 0 Å². The average Bonchev–Trinajstić information content (AvgIpc) is 3.09. The van der Waals surface area contributed by atoms with Crippen molar-refractivity contribution in [3.63, 3.8) is 0 Å². The lowest BCUT2D eigenvalue weighted by atomic mass is 10.0. The molecule has 1 unspecified atom stereocenters. The van der Waals surface area contributed by atoms with Crippen LogP contribution in [-0.4, -0.2) is 17.6 Å². The van der Waals surface area contributed by atoms with Gasteiger partial charge in [-0.15, -0.1) is 0 Å². The predicted molar refractivity (Wildman–Crippen MR) is 115 cm³/mol. The van der Waals surface area contributed by atoms with Crippen LogP contribution in [0.4, 0.5) is 5.69 Å². The molecule has 1 aliphatic heterocycles. The van der Waals surface area contributed by atoms with E-state index < -0.39 is 0 Å². The highest BCUT2D eigenvalue weighted by Gasteiger charge is 2.25. The van der Waals surface area contributed by atoms with E-state index in [4.69, 9.17) is 0 Å². The van der Waals surface area contributed by atoms with Crippen molar-refractivity contribution < 1.29 is 0 Å². The van der Waals surface area contributed by atoms with Crippen molar-refractivity contribution in [1.29, 1.82) is 0 Å². The number of nitrogens with zero attached hydrogens (tertiary/aromatic N) is 2. The second kappa shape index (κ2) is 12.8. The Balaban J connectivity index is 1.59. The topological polar surface area (TPSA) is 6.48 Å². The third-order valence-corrected chi connectivity index (χ3v) is 5.61. The number of hydrogen-bond donors (Lipinski definition) is 0. The summed E-state index contributed by atoms with van der Waals surface area (Å²) in [7, 11) is 0. The summed E-state index contributed by atoms with van der Waals surface area (Å²) in [6, 6.07) is 10.8. The Hall–Kier alpha value is -1.44. The molecule has 1 aliphatic rings. The Morgan fingerprint density at radius 2 is 1.27 bits per heavy atom. The normalized spacial score (nSPS) is 16.6. The third-order valence-electron chi connectivity index (χ3n) is 5.61. The van der Waals surface area contributed by atoms with Crippen molar-refractivity contribution in [1.82, 2.24) is 4.90 Å². The van der Waals surface area contributed by atoms with Crippen LogP contribution in [0, 0.1) is 0 Å². The van der Waals surface area contributed by atoms with Gasteiger partial charge in [0.05, 0.1) is 0 Å². The summed E-state index contributed by atoms with van der Waals surface area (Å²) >= 11 is 0. The molecule has 1 aromatic rings. The molecule has 0 saturated carbocycles. The molecule has 2 nitrogen and oxygen atoms in total. The highest BCUT2D eigenvalue weighted by Crippen LogP contribution is 2.27. The Bertz CT molecular complexity index is 482. The Morgan fingerprint density at radius 3 is 1.85 bits per heavy atom. The van der Waals surface area contributed by atoms with Gasteiger partial charge in [0.2, 0.25) is 0 Å². The minimum atomic E-state index is 0.501. The SMILES string of the molecule is CCCCCCCCCCCCCC1N(CC)C=CN1c1ccccc1. The third kappa shape index (κ3) is 7.05. The van der Waals surface area contributed by atoms with E-state index in [9.17, 15) is 0 Å². The van der Waals surface area contributed by atoms with Crippen LogP contribution in [0.15, 0.2) is 42.7 Å². The number of unbranched alkanes of at least 4 members (excludes halogenated alkanes) is 10. The molecule has 0 bridgehead atoms. The maximum Gasteiger partial charge on any atom is 0.105 e. The molecule has 1 heterocycles. The van der Waals surface area contributed by atoms with Crippen LogP contribution in [0.5, 0.6) is 0 Å². The van der Waals surface area contributed by atoms with E-state index >= 15 is 0 Å². The smallest absolute Gasteiger partial charge is 0.105 e. The standard InChI is InChI=1S/C24H40N2/c1-3-5-6-7-8-9-10-11-12-13-17-20-24-25(4-2)21-22-26(24)23-18-15-14-16-19-23/h14-16,18-19,21-22,24H,3-13,17,20H2,1-2H3. The van der Waals surface area contributed by atoms with Crippen LogP contribution < -0.4 is 4.90 Å². The first-order valence-electron chi connectivity index (χ1n) is 11.1. The van der Waals surface area contributed by atoms with Gasteiger partial charge in [0.15, 0.2) is 0 Å². The number of benzene rings is 1. The van der Waals surface area contributed by atoms with E-state index in [1.165, 1.54) is 82.7 Å². The first-order chi connectivity index (χ1) is 12.9. The first kappa shape index (κ1) is 20.9. The zero-order valence-electron chi connectivity index (χ0n) is 17.2. The molecule has 0 saturated heterocycles. The highest BCUT2D eigenvalue weighted by atomic mass is 15.4. The summed E-state index contributed by atoms with van der Waals surface area (Å²) in [6.07, 6.45) is 21.8. The van der Waals surface area contributed by atoms with Gasteiger partial charge in [-0.05, 0) is 31.9 Å². The minimum absolute atomic E-state index is 0.501. The molecule has 0 fully saturated rings. The van der Waals surface area contributed by atoms with Crippen molar-refractivity contribution in [3.05, 3.63) is 42.7 Å². The van der Waals surface area contributed by atoms with Crippen molar-refractivity contribution >= 4 is 5.69 Å². The molecule has 0 radical (unpaired) electrons. The number of hydrogen-bond acceptors (Lipinski definition) is 2. The number of rotatable bonds is 14. The Labute approximate surface area is 162 Å². The van der Waals surface area contributed by atoms with Crippen LogP contribution in [-0.2, 0) is 0 Å². The zero-order valence-corrected chi connectivity index (χ0v) is 17.2. The summed E-state index contributed by atoms with van der Waals surface area (Å²) in [5.74, 6) is 0. The van der Waals surface area contributed by atoms with Gasteiger partial charge in [0.25, 0.3) is 0 Å². The first-order valence-corrected chi connectivity index (χ1v) is 11.1. The molecular weight excluding hydrogens is 316 g/mol. The summed E-state index contributed by atoms with van der Waals surface area (Å²) in [6.45, 7) is 5.63. The van der Waals surface area contributed by atoms with Gasteiger partial charge < -0.3 is 9.80 Å². The van der Waals surface area contributed by atoms with E-state index in [-0.39, 0.29) is 0 Å². The van der Waals surface area contributed by atoms with Crippen LogP contribution in [0.1, 0.15) is 90.9 Å². The second-order valence-corrected chi connectivity index (χ2v) is 7.68. The Kier molecular flexibility index (Phi) is 10.3. The van der Waals surface area contributed by atoms with Gasteiger partial charge >= 0.3 is 0 Å². The molecule has 146 valence electrons. The predicted octanol–water partition coefficient (Wildman–Crippen LogP) is 7.33. The summed E-state index contributed by atoms with van der Waals surface area (Å²) < 4.78 is 0. The fraction of sp³-hybridized carbons (Fsp3) is 0.667. The van der Waals surface area contributed by atoms with E-state index in [2.05, 4.69) is 66.4 Å². The maximum atomic E-state index is 2.48. The Morgan fingerprint density at radius 1 is 0.692 bits per heavy atom. The molecular formula is C24H40N2. The monoisotopic (exact) mass is 356 g/mol. The van der Waals surface area contributed by atoms with E-state index in [1.54, 1.807) is 0 Å². The largest absolute Gasteiger partial charge is 0.356 e. The maximum absolute atomic E-state index is 2.48. The summed E-state index contributed by atoms with van der Waals surface area (Å²) in [5, 5.41) is 0. The second-order valence-electron chi connectivity index (χ2n) is 7.68. The minimum Gasteiger partial charge on any atom is -0.356 e. The molecule has 1 aromatic carbocycles. The lowest BCUT2D eigenvalue weighted by molar-refractivity contribution is 0.291. The molecule has 2 rings (SSSR count). The number of para-hydroxylation sites is 1. The van der Waals surface area contributed by atoms with Gasteiger partial charge in [0, 0.05) is 24.6 Å². The van der Waals surface area contributed by atoms with Crippen LogP contribution in [0.2, 0.25) is 0 Å². The van der Waals surface area contributed by atoms with Crippen LogP contribution in [0.3, 0.4) is 0 Å². The van der Waals surface area contributed by atoms with E-state index in [0.717, 1.165) is 6.54 Å². The van der Waals surface area contributed by atoms with Gasteiger partial charge in [-0.1, -0.05) is 89.3 Å². The van der Waals surface area contributed by atoms with E-state index in [0.29, 0.717) is 6.17 Å². The molecule has 0 spiro atoms. The summed E-state index contributed by atoms with van der Waals surface area (Å²) in [4.78, 5) is 4.92.